The van der Waals surface area contributed by atoms with Crippen LogP contribution >= 0.6 is 0 Å². The van der Waals surface area contributed by atoms with E-state index in [0.717, 1.165) is 30.9 Å². The number of rotatable bonds is 8. The lowest BCUT2D eigenvalue weighted by molar-refractivity contribution is -0.140. The van der Waals surface area contributed by atoms with Crippen LogP contribution in [0.4, 0.5) is 5.69 Å². The van der Waals surface area contributed by atoms with Gasteiger partial charge in [-0.1, -0.05) is 49.4 Å². The van der Waals surface area contributed by atoms with E-state index >= 15 is 0 Å². The second-order valence-corrected chi connectivity index (χ2v) is 7.17. The van der Waals surface area contributed by atoms with Gasteiger partial charge in [-0.2, -0.15) is 0 Å². The van der Waals surface area contributed by atoms with E-state index in [1.54, 1.807) is 4.90 Å². The molecule has 7 nitrogen and oxygen atoms in total. The zero-order valence-electron chi connectivity index (χ0n) is 18.2. The number of esters is 2. The second kappa shape index (κ2) is 10.7. The number of hydrogen-bond donors (Lipinski definition) is 0. The SMILES string of the molecule is CCN(Cc1ccccc1)Cc1cccc(N2COCC(C(=O)OC)=C2C(=O)OC)c1. The average Bonchev–Trinajstić information content (AvgIpc) is 2.83. The fourth-order valence-corrected chi connectivity index (χ4v) is 3.55. The number of ether oxygens (including phenoxy) is 3. The lowest BCUT2D eigenvalue weighted by atomic mass is 10.1. The normalized spacial score (nSPS) is 14.0. The van der Waals surface area contributed by atoms with Crippen molar-refractivity contribution in [3.05, 3.63) is 77.0 Å². The quantitative estimate of drug-likeness (QED) is 0.603. The number of hydrogen-bond acceptors (Lipinski definition) is 7. The molecule has 0 aromatic heterocycles. The Bertz CT molecular complexity index is 942. The van der Waals surface area contributed by atoms with Crippen molar-refractivity contribution in [1.29, 1.82) is 0 Å². The molecule has 164 valence electrons. The molecule has 1 aliphatic heterocycles. The van der Waals surface area contributed by atoms with Crippen LogP contribution in [0, 0.1) is 0 Å². The van der Waals surface area contributed by atoms with E-state index in [1.807, 2.05) is 42.5 Å². The van der Waals surface area contributed by atoms with Crippen LogP contribution in [-0.2, 0) is 36.9 Å². The molecule has 0 amide bonds. The van der Waals surface area contributed by atoms with Gasteiger partial charge in [-0.3, -0.25) is 4.90 Å². The van der Waals surface area contributed by atoms with Crippen molar-refractivity contribution in [1.82, 2.24) is 4.90 Å². The Kier molecular flexibility index (Phi) is 7.81. The first-order valence-corrected chi connectivity index (χ1v) is 10.2. The van der Waals surface area contributed by atoms with E-state index in [4.69, 9.17) is 14.2 Å². The van der Waals surface area contributed by atoms with Gasteiger partial charge in [0.15, 0.2) is 0 Å². The molecule has 0 saturated heterocycles. The minimum Gasteiger partial charge on any atom is -0.466 e. The molecule has 0 aliphatic carbocycles. The summed E-state index contributed by atoms with van der Waals surface area (Å²) in [6.45, 7) is 4.74. The first-order chi connectivity index (χ1) is 15.1. The maximum absolute atomic E-state index is 12.5. The molecule has 0 unspecified atom stereocenters. The van der Waals surface area contributed by atoms with Gasteiger partial charge in [0.2, 0.25) is 0 Å². The molecule has 7 heteroatoms. The summed E-state index contributed by atoms with van der Waals surface area (Å²) < 4.78 is 15.3. The summed E-state index contributed by atoms with van der Waals surface area (Å²) in [5, 5.41) is 0. The van der Waals surface area contributed by atoms with Gasteiger partial charge in [0.1, 0.15) is 12.4 Å². The number of benzene rings is 2. The number of methoxy groups -OCH3 is 2. The molecule has 0 radical (unpaired) electrons. The Labute approximate surface area is 182 Å². The standard InChI is InChI=1S/C24H28N2O5/c1-4-25(14-18-9-6-5-7-10-18)15-19-11-8-12-20(13-19)26-17-31-16-21(23(27)29-2)22(26)24(28)30-3/h5-13H,4,14-17H2,1-3H3. The van der Waals surface area contributed by atoms with Crippen LogP contribution in [0.15, 0.2) is 65.9 Å². The van der Waals surface area contributed by atoms with Gasteiger partial charge >= 0.3 is 11.9 Å². The molecule has 0 bridgehead atoms. The molecule has 0 fully saturated rings. The highest BCUT2D eigenvalue weighted by molar-refractivity contribution is 6.03. The summed E-state index contributed by atoms with van der Waals surface area (Å²) in [5.74, 6) is -1.21. The zero-order chi connectivity index (χ0) is 22.2. The Hall–Kier alpha value is -3.16. The van der Waals surface area contributed by atoms with E-state index in [9.17, 15) is 9.59 Å². The minimum absolute atomic E-state index is 0.00597. The molecule has 0 atom stereocenters. The van der Waals surface area contributed by atoms with E-state index < -0.39 is 11.9 Å². The van der Waals surface area contributed by atoms with E-state index in [-0.39, 0.29) is 24.6 Å². The van der Waals surface area contributed by atoms with Crippen molar-refractivity contribution in [2.24, 2.45) is 0 Å². The molecule has 1 aliphatic rings. The van der Waals surface area contributed by atoms with Crippen LogP contribution in [0.5, 0.6) is 0 Å². The summed E-state index contributed by atoms with van der Waals surface area (Å²) in [6, 6.07) is 18.2. The Morgan fingerprint density at radius 3 is 2.32 bits per heavy atom. The van der Waals surface area contributed by atoms with Gasteiger partial charge in [-0.05, 0) is 29.8 Å². The van der Waals surface area contributed by atoms with E-state index in [2.05, 4.69) is 24.0 Å². The Balaban J connectivity index is 1.87. The second-order valence-electron chi connectivity index (χ2n) is 7.17. The highest BCUT2D eigenvalue weighted by atomic mass is 16.5. The first kappa shape index (κ1) is 22.5. The van der Waals surface area contributed by atoms with Gasteiger partial charge in [-0.25, -0.2) is 9.59 Å². The van der Waals surface area contributed by atoms with Crippen molar-refractivity contribution in [3.63, 3.8) is 0 Å². The van der Waals surface area contributed by atoms with E-state index in [1.165, 1.54) is 19.8 Å². The van der Waals surface area contributed by atoms with Crippen molar-refractivity contribution in [2.75, 3.05) is 39.0 Å². The predicted molar refractivity (Wildman–Crippen MR) is 117 cm³/mol. The van der Waals surface area contributed by atoms with Crippen LogP contribution < -0.4 is 4.90 Å². The monoisotopic (exact) mass is 424 g/mol. The third-order valence-corrected chi connectivity index (χ3v) is 5.16. The Morgan fingerprint density at radius 1 is 0.968 bits per heavy atom. The number of carbonyl (C=O) groups excluding carboxylic acids is 2. The van der Waals surface area contributed by atoms with Crippen LogP contribution in [0.1, 0.15) is 18.1 Å². The maximum Gasteiger partial charge on any atom is 0.355 e. The summed E-state index contributed by atoms with van der Waals surface area (Å²) >= 11 is 0. The average molecular weight is 424 g/mol. The predicted octanol–water partition coefficient (Wildman–Crippen LogP) is 3.10. The highest BCUT2D eigenvalue weighted by Gasteiger charge is 2.32. The molecular formula is C24H28N2O5. The van der Waals surface area contributed by atoms with Gasteiger partial charge in [-0.15, -0.1) is 0 Å². The molecule has 2 aromatic rings. The van der Waals surface area contributed by atoms with Crippen LogP contribution in [-0.4, -0.2) is 50.9 Å². The van der Waals surface area contributed by atoms with Crippen LogP contribution in [0.25, 0.3) is 0 Å². The van der Waals surface area contributed by atoms with Crippen molar-refractivity contribution in [3.8, 4) is 0 Å². The van der Waals surface area contributed by atoms with E-state index in [0.29, 0.717) is 0 Å². The summed E-state index contributed by atoms with van der Waals surface area (Å²) in [4.78, 5) is 28.7. The highest BCUT2D eigenvalue weighted by Crippen LogP contribution is 2.27. The van der Waals surface area contributed by atoms with Crippen LogP contribution in [0.2, 0.25) is 0 Å². The first-order valence-electron chi connectivity index (χ1n) is 10.2. The molecular weight excluding hydrogens is 396 g/mol. The molecule has 0 spiro atoms. The van der Waals surface area contributed by atoms with Gasteiger partial charge in [0.25, 0.3) is 0 Å². The lowest BCUT2D eigenvalue weighted by Crippen LogP contribution is -2.38. The number of nitrogens with zero attached hydrogens (tertiary/aromatic N) is 2. The lowest BCUT2D eigenvalue weighted by Gasteiger charge is -2.31. The van der Waals surface area contributed by atoms with Gasteiger partial charge < -0.3 is 19.1 Å². The molecule has 0 N–H and O–H groups in total. The largest absolute Gasteiger partial charge is 0.466 e. The summed E-state index contributed by atoms with van der Waals surface area (Å²) in [5.41, 5.74) is 3.38. The van der Waals surface area contributed by atoms with Crippen molar-refractivity contribution < 1.29 is 23.8 Å². The molecule has 0 saturated carbocycles. The zero-order valence-corrected chi connectivity index (χ0v) is 18.2. The van der Waals surface area contributed by atoms with Crippen molar-refractivity contribution >= 4 is 17.6 Å². The number of anilines is 1. The fraction of sp³-hybridized carbons (Fsp3) is 0.333. The third-order valence-electron chi connectivity index (χ3n) is 5.16. The third kappa shape index (κ3) is 5.51. The smallest absolute Gasteiger partial charge is 0.355 e. The van der Waals surface area contributed by atoms with Gasteiger partial charge in [0, 0.05) is 18.8 Å². The fourth-order valence-electron chi connectivity index (χ4n) is 3.55. The summed E-state index contributed by atoms with van der Waals surface area (Å²) in [7, 11) is 2.56. The molecule has 1 heterocycles. The van der Waals surface area contributed by atoms with Crippen molar-refractivity contribution in [2.45, 2.75) is 20.0 Å². The van der Waals surface area contributed by atoms with Gasteiger partial charge in [0.05, 0.1) is 26.4 Å². The number of carbonyl (C=O) groups is 2. The van der Waals surface area contributed by atoms with Crippen LogP contribution in [0.3, 0.4) is 0 Å². The maximum atomic E-state index is 12.5. The summed E-state index contributed by atoms with van der Waals surface area (Å²) in [6.07, 6.45) is 0. The topological polar surface area (TPSA) is 68.3 Å². The molecule has 2 aromatic carbocycles. The minimum atomic E-state index is -0.610. The molecule has 31 heavy (non-hydrogen) atoms. The molecule has 3 rings (SSSR count). The Morgan fingerprint density at radius 2 is 1.65 bits per heavy atom.